The molecule has 0 aromatic carbocycles. The van der Waals surface area contributed by atoms with Gasteiger partial charge in [-0.3, -0.25) is 4.90 Å². The molecule has 0 aromatic rings. The molecule has 0 N–H and O–H groups in total. The molecule has 14 heavy (non-hydrogen) atoms. The van der Waals surface area contributed by atoms with E-state index in [4.69, 9.17) is 11.6 Å². The standard InChI is InChI=1S/C12H24ClN/c1-12(2,10-13)14(3)9-11-7-5-4-6-8-11/h11H,4-10H2,1-3H3. The third-order valence-electron chi connectivity index (χ3n) is 3.62. The van der Waals surface area contributed by atoms with Gasteiger partial charge in [0.2, 0.25) is 0 Å². The maximum absolute atomic E-state index is 5.96. The molecule has 0 heterocycles. The zero-order valence-electron chi connectivity index (χ0n) is 9.85. The Kier molecular flexibility index (Phi) is 4.72. The van der Waals surface area contributed by atoms with Crippen molar-refractivity contribution in [2.24, 2.45) is 5.92 Å². The second-order valence-electron chi connectivity index (χ2n) is 5.33. The van der Waals surface area contributed by atoms with Crippen LogP contribution < -0.4 is 0 Å². The van der Waals surface area contributed by atoms with E-state index < -0.39 is 0 Å². The van der Waals surface area contributed by atoms with Crippen LogP contribution in [-0.2, 0) is 0 Å². The van der Waals surface area contributed by atoms with Crippen molar-refractivity contribution in [2.75, 3.05) is 19.5 Å². The molecule has 1 rings (SSSR count). The summed E-state index contributed by atoms with van der Waals surface area (Å²) in [6.07, 6.45) is 7.14. The van der Waals surface area contributed by atoms with E-state index in [2.05, 4.69) is 25.8 Å². The first-order valence-electron chi connectivity index (χ1n) is 5.83. The minimum absolute atomic E-state index is 0.152. The van der Waals surface area contributed by atoms with Crippen LogP contribution in [0.4, 0.5) is 0 Å². The average molecular weight is 218 g/mol. The molecular formula is C12H24ClN. The Morgan fingerprint density at radius 1 is 1.21 bits per heavy atom. The third-order valence-corrected chi connectivity index (χ3v) is 4.27. The second kappa shape index (κ2) is 5.37. The van der Waals surface area contributed by atoms with Crippen molar-refractivity contribution in [1.29, 1.82) is 0 Å². The van der Waals surface area contributed by atoms with E-state index >= 15 is 0 Å². The van der Waals surface area contributed by atoms with Crippen molar-refractivity contribution in [2.45, 2.75) is 51.5 Å². The van der Waals surface area contributed by atoms with Gasteiger partial charge in [-0.15, -0.1) is 11.6 Å². The average Bonchev–Trinajstić information content (AvgIpc) is 2.19. The van der Waals surface area contributed by atoms with Crippen LogP contribution in [0.25, 0.3) is 0 Å². The van der Waals surface area contributed by atoms with Crippen LogP contribution in [0, 0.1) is 5.92 Å². The molecule has 1 fully saturated rings. The van der Waals surface area contributed by atoms with Gasteiger partial charge in [-0.05, 0) is 39.7 Å². The maximum Gasteiger partial charge on any atom is 0.0402 e. The predicted molar refractivity (Wildman–Crippen MR) is 64.0 cm³/mol. The molecule has 1 nitrogen and oxygen atoms in total. The Morgan fingerprint density at radius 2 is 1.79 bits per heavy atom. The lowest BCUT2D eigenvalue weighted by molar-refractivity contribution is 0.136. The number of rotatable bonds is 4. The molecule has 0 bridgehead atoms. The van der Waals surface area contributed by atoms with Crippen LogP contribution in [0.1, 0.15) is 46.0 Å². The van der Waals surface area contributed by atoms with E-state index in [0.29, 0.717) is 0 Å². The molecule has 1 aliphatic carbocycles. The van der Waals surface area contributed by atoms with Crippen LogP contribution in [0.3, 0.4) is 0 Å². The fraction of sp³-hybridized carbons (Fsp3) is 1.00. The Hall–Kier alpha value is 0.250. The summed E-state index contributed by atoms with van der Waals surface area (Å²) in [5, 5.41) is 0. The highest BCUT2D eigenvalue weighted by molar-refractivity contribution is 6.18. The van der Waals surface area contributed by atoms with Crippen molar-refractivity contribution in [3.05, 3.63) is 0 Å². The molecule has 0 aromatic heterocycles. The summed E-state index contributed by atoms with van der Waals surface area (Å²) in [5.74, 6) is 1.63. The van der Waals surface area contributed by atoms with E-state index in [0.717, 1.165) is 11.8 Å². The normalized spacial score (nSPS) is 20.4. The van der Waals surface area contributed by atoms with Crippen LogP contribution in [0.5, 0.6) is 0 Å². The molecule has 0 saturated heterocycles. The molecule has 0 aliphatic heterocycles. The Balaban J connectivity index is 2.34. The van der Waals surface area contributed by atoms with Crippen molar-refractivity contribution in [3.8, 4) is 0 Å². The smallest absolute Gasteiger partial charge is 0.0402 e. The van der Waals surface area contributed by atoms with Gasteiger partial charge < -0.3 is 0 Å². The van der Waals surface area contributed by atoms with Crippen LogP contribution in [0.2, 0.25) is 0 Å². The van der Waals surface area contributed by atoms with Crippen LogP contribution >= 0.6 is 11.6 Å². The summed E-state index contributed by atoms with van der Waals surface area (Å²) in [6, 6.07) is 0. The first-order chi connectivity index (χ1) is 6.56. The molecule has 0 atom stereocenters. The third kappa shape index (κ3) is 3.43. The highest BCUT2D eigenvalue weighted by Gasteiger charge is 2.25. The largest absolute Gasteiger partial charge is 0.300 e. The van der Waals surface area contributed by atoms with E-state index in [1.807, 2.05) is 0 Å². The van der Waals surface area contributed by atoms with Gasteiger partial charge in [-0.1, -0.05) is 19.3 Å². The van der Waals surface area contributed by atoms with Gasteiger partial charge in [0.05, 0.1) is 0 Å². The van der Waals surface area contributed by atoms with Gasteiger partial charge in [0.1, 0.15) is 0 Å². The molecule has 0 spiro atoms. The summed E-state index contributed by atoms with van der Waals surface area (Å²) in [5.41, 5.74) is 0.152. The fourth-order valence-corrected chi connectivity index (χ4v) is 2.31. The van der Waals surface area contributed by atoms with Crippen molar-refractivity contribution < 1.29 is 0 Å². The summed E-state index contributed by atoms with van der Waals surface area (Å²) in [4.78, 5) is 2.43. The molecule has 0 radical (unpaired) electrons. The summed E-state index contributed by atoms with van der Waals surface area (Å²) in [6.45, 7) is 5.67. The van der Waals surface area contributed by atoms with Crippen LogP contribution in [-0.4, -0.2) is 29.9 Å². The van der Waals surface area contributed by atoms with Gasteiger partial charge in [0.15, 0.2) is 0 Å². The second-order valence-corrected chi connectivity index (χ2v) is 5.60. The monoisotopic (exact) mass is 217 g/mol. The van der Waals surface area contributed by atoms with Gasteiger partial charge >= 0.3 is 0 Å². The van der Waals surface area contributed by atoms with E-state index in [9.17, 15) is 0 Å². The van der Waals surface area contributed by atoms with E-state index in [1.165, 1.54) is 38.6 Å². The number of halogens is 1. The molecule has 1 aliphatic rings. The zero-order chi connectivity index (χ0) is 10.6. The highest BCUT2D eigenvalue weighted by atomic mass is 35.5. The zero-order valence-corrected chi connectivity index (χ0v) is 10.6. The number of alkyl halides is 1. The summed E-state index contributed by atoms with van der Waals surface area (Å²) in [7, 11) is 2.21. The van der Waals surface area contributed by atoms with Gasteiger partial charge in [0.25, 0.3) is 0 Å². The topological polar surface area (TPSA) is 3.24 Å². The molecule has 2 heteroatoms. The number of hydrogen-bond acceptors (Lipinski definition) is 1. The fourth-order valence-electron chi connectivity index (χ4n) is 2.11. The van der Waals surface area contributed by atoms with E-state index in [1.54, 1.807) is 0 Å². The Morgan fingerprint density at radius 3 is 2.29 bits per heavy atom. The van der Waals surface area contributed by atoms with Crippen molar-refractivity contribution >= 4 is 11.6 Å². The predicted octanol–water partition coefficient (Wildman–Crippen LogP) is 3.52. The summed E-state index contributed by atoms with van der Waals surface area (Å²) >= 11 is 5.96. The molecule has 0 amide bonds. The highest BCUT2D eigenvalue weighted by Crippen LogP contribution is 2.26. The van der Waals surface area contributed by atoms with Gasteiger partial charge in [0, 0.05) is 18.0 Å². The van der Waals surface area contributed by atoms with Crippen LogP contribution in [0.15, 0.2) is 0 Å². The lowest BCUT2D eigenvalue weighted by Crippen LogP contribution is -2.45. The first-order valence-corrected chi connectivity index (χ1v) is 6.37. The number of nitrogens with zero attached hydrogens (tertiary/aromatic N) is 1. The Bertz CT molecular complexity index is 162. The van der Waals surface area contributed by atoms with Gasteiger partial charge in [-0.25, -0.2) is 0 Å². The summed E-state index contributed by atoms with van der Waals surface area (Å²) < 4.78 is 0. The molecule has 1 saturated carbocycles. The van der Waals surface area contributed by atoms with Gasteiger partial charge in [-0.2, -0.15) is 0 Å². The Labute approximate surface area is 93.8 Å². The first kappa shape index (κ1) is 12.3. The van der Waals surface area contributed by atoms with Crippen molar-refractivity contribution in [1.82, 2.24) is 4.90 Å². The quantitative estimate of drug-likeness (QED) is 0.652. The molecular weight excluding hydrogens is 194 g/mol. The molecule has 84 valence electrons. The lowest BCUT2D eigenvalue weighted by Gasteiger charge is -2.37. The lowest BCUT2D eigenvalue weighted by atomic mass is 9.88. The SMILES string of the molecule is CN(CC1CCCCC1)C(C)(C)CCl. The van der Waals surface area contributed by atoms with Crippen molar-refractivity contribution in [3.63, 3.8) is 0 Å². The number of hydrogen-bond donors (Lipinski definition) is 0. The minimum atomic E-state index is 0.152. The minimum Gasteiger partial charge on any atom is -0.300 e. The molecule has 0 unspecified atom stereocenters. The maximum atomic E-state index is 5.96. The van der Waals surface area contributed by atoms with E-state index in [-0.39, 0.29) is 5.54 Å².